The highest BCUT2D eigenvalue weighted by Gasteiger charge is 2.15. The number of methoxy groups -OCH3 is 1. The minimum absolute atomic E-state index is 0.0448. The van der Waals surface area contributed by atoms with Crippen LogP contribution in [0.1, 0.15) is 42.5 Å². The van der Waals surface area contributed by atoms with Gasteiger partial charge in [-0.2, -0.15) is 0 Å². The van der Waals surface area contributed by atoms with E-state index >= 15 is 0 Å². The second-order valence-corrected chi connectivity index (χ2v) is 5.47. The molecule has 0 aliphatic heterocycles. The third-order valence-electron chi connectivity index (χ3n) is 3.20. The van der Waals surface area contributed by atoms with Crippen LogP contribution in [0.15, 0.2) is 12.1 Å². The lowest BCUT2D eigenvalue weighted by atomic mass is 9.93. The van der Waals surface area contributed by atoms with E-state index in [1.54, 1.807) is 7.11 Å². The first kappa shape index (κ1) is 15.0. The van der Waals surface area contributed by atoms with Crippen molar-refractivity contribution in [2.24, 2.45) is 5.73 Å². The molecule has 0 fully saturated rings. The Morgan fingerprint density at radius 3 is 2.28 bits per heavy atom. The van der Waals surface area contributed by atoms with Crippen LogP contribution in [-0.4, -0.2) is 32.6 Å². The van der Waals surface area contributed by atoms with Gasteiger partial charge in [0.05, 0.1) is 7.11 Å². The van der Waals surface area contributed by atoms with Gasteiger partial charge in [0, 0.05) is 12.6 Å². The minimum Gasteiger partial charge on any atom is -0.496 e. The zero-order valence-corrected chi connectivity index (χ0v) is 12.4. The molecule has 1 atom stereocenters. The molecule has 0 radical (unpaired) electrons. The number of likely N-dealkylation sites (N-methyl/N-ethyl adjacent to an activating group) is 1. The van der Waals surface area contributed by atoms with E-state index in [0.29, 0.717) is 5.92 Å². The first-order valence-corrected chi connectivity index (χ1v) is 6.45. The van der Waals surface area contributed by atoms with Gasteiger partial charge in [0.25, 0.3) is 0 Å². The van der Waals surface area contributed by atoms with Crippen LogP contribution in [0.5, 0.6) is 5.75 Å². The summed E-state index contributed by atoms with van der Waals surface area (Å²) < 4.78 is 5.45. The molecule has 0 aromatic heterocycles. The van der Waals surface area contributed by atoms with E-state index in [9.17, 15) is 0 Å². The van der Waals surface area contributed by atoms with E-state index in [2.05, 4.69) is 37.8 Å². The summed E-state index contributed by atoms with van der Waals surface area (Å²) in [7, 11) is 5.81. The molecular formula is C15H26N2O. The molecule has 102 valence electrons. The number of benzene rings is 1. The molecular weight excluding hydrogens is 224 g/mol. The molecule has 0 aliphatic carbocycles. The fourth-order valence-electron chi connectivity index (χ4n) is 2.23. The van der Waals surface area contributed by atoms with E-state index < -0.39 is 0 Å². The number of hydrogen-bond acceptors (Lipinski definition) is 3. The fourth-order valence-corrected chi connectivity index (χ4v) is 2.23. The summed E-state index contributed by atoms with van der Waals surface area (Å²) in [6.07, 6.45) is 0. The summed E-state index contributed by atoms with van der Waals surface area (Å²) in [5, 5.41) is 0. The van der Waals surface area contributed by atoms with Crippen molar-refractivity contribution in [2.75, 3.05) is 27.7 Å². The number of aryl methyl sites for hydroxylation is 1. The summed E-state index contributed by atoms with van der Waals surface area (Å²) in [4.78, 5) is 2.11. The lowest BCUT2D eigenvalue weighted by Crippen LogP contribution is -2.26. The first-order chi connectivity index (χ1) is 8.36. The van der Waals surface area contributed by atoms with E-state index in [0.717, 1.165) is 12.3 Å². The zero-order valence-electron chi connectivity index (χ0n) is 12.4. The van der Waals surface area contributed by atoms with Crippen LogP contribution in [0.25, 0.3) is 0 Å². The Labute approximate surface area is 111 Å². The van der Waals surface area contributed by atoms with Crippen LogP contribution in [0.4, 0.5) is 0 Å². The highest BCUT2D eigenvalue weighted by Crippen LogP contribution is 2.31. The molecule has 1 aromatic carbocycles. The topological polar surface area (TPSA) is 38.5 Å². The summed E-state index contributed by atoms with van der Waals surface area (Å²) in [5.41, 5.74) is 9.92. The molecule has 0 amide bonds. The smallest absolute Gasteiger partial charge is 0.122 e. The predicted octanol–water partition coefficient (Wildman–Crippen LogP) is 2.69. The lowest BCUT2D eigenvalue weighted by molar-refractivity contribution is 0.375. The molecule has 1 rings (SSSR count). The molecule has 0 heterocycles. The van der Waals surface area contributed by atoms with Gasteiger partial charge in [-0.3, -0.25) is 0 Å². The maximum atomic E-state index is 6.27. The molecule has 3 heteroatoms. The second kappa shape index (κ2) is 6.21. The Morgan fingerprint density at radius 2 is 1.83 bits per heavy atom. The number of nitrogens with two attached hydrogens (primary N) is 1. The van der Waals surface area contributed by atoms with E-state index in [1.807, 2.05) is 14.1 Å². The summed E-state index contributed by atoms with van der Waals surface area (Å²) in [5.74, 6) is 1.40. The second-order valence-electron chi connectivity index (χ2n) is 5.47. The number of ether oxygens (including phenoxy) is 1. The van der Waals surface area contributed by atoms with Gasteiger partial charge >= 0.3 is 0 Å². The maximum absolute atomic E-state index is 6.27. The Morgan fingerprint density at radius 1 is 1.22 bits per heavy atom. The monoisotopic (exact) mass is 250 g/mol. The molecule has 18 heavy (non-hydrogen) atoms. The third-order valence-corrected chi connectivity index (χ3v) is 3.20. The molecule has 0 spiro atoms. The Hall–Kier alpha value is -1.06. The van der Waals surface area contributed by atoms with Crippen molar-refractivity contribution in [1.82, 2.24) is 4.90 Å². The van der Waals surface area contributed by atoms with Crippen molar-refractivity contribution in [1.29, 1.82) is 0 Å². The molecule has 0 saturated carbocycles. The minimum atomic E-state index is 0.0448. The summed E-state index contributed by atoms with van der Waals surface area (Å²) >= 11 is 0. The fraction of sp³-hybridized carbons (Fsp3) is 0.600. The van der Waals surface area contributed by atoms with Crippen molar-refractivity contribution in [3.63, 3.8) is 0 Å². The maximum Gasteiger partial charge on any atom is 0.122 e. The van der Waals surface area contributed by atoms with Gasteiger partial charge in [-0.05, 0) is 55.8 Å². The summed E-state index contributed by atoms with van der Waals surface area (Å²) in [6.45, 7) is 7.30. The van der Waals surface area contributed by atoms with Crippen LogP contribution in [0, 0.1) is 6.92 Å². The molecule has 0 bridgehead atoms. The lowest BCUT2D eigenvalue weighted by Gasteiger charge is -2.22. The van der Waals surface area contributed by atoms with Crippen molar-refractivity contribution >= 4 is 0 Å². The van der Waals surface area contributed by atoms with Crippen LogP contribution in [-0.2, 0) is 0 Å². The Kier molecular flexibility index (Phi) is 5.17. The third kappa shape index (κ3) is 3.47. The van der Waals surface area contributed by atoms with Crippen molar-refractivity contribution < 1.29 is 4.74 Å². The average Bonchev–Trinajstić information content (AvgIpc) is 2.26. The van der Waals surface area contributed by atoms with Gasteiger partial charge in [-0.1, -0.05) is 13.8 Å². The molecule has 0 aliphatic rings. The quantitative estimate of drug-likeness (QED) is 0.873. The number of hydrogen-bond donors (Lipinski definition) is 1. The number of nitrogens with zero attached hydrogens (tertiary/aromatic N) is 1. The van der Waals surface area contributed by atoms with Gasteiger partial charge in [0.15, 0.2) is 0 Å². The van der Waals surface area contributed by atoms with Crippen LogP contribution < -0.4 is 10.5 Å². The average molecular weight is 250 g/mol. The molecule has 1 unspecified atom stereocenters. The van der Waals surface area contributed by atoms with Gasteiger partial charge in [-0.15, -0.1) is 0 Å². The molecule has 1 aromatic rings. The highest BCUT2D eigenvalue weighted by atomic mass is 16.5. The normalized spacial score (nSPS) is 13.2. The molecule has 3 nitrogen and oxygen atoms in total. The predicted molar refractivity (Wildman–Crippen MR) is 77.3 cm³/mol. The number of rotatable bonds is 5. The van der Waals surface area contributed by atoms with Gasteiger partial charge in [0.1, 0.15) is 5.75 Å². The highest BCUT2D eigenvalue weighted by molar-refractivity contribution is 5.45. The Balaban J connectivity index is 3.16. The van der Waals surface area contributed by atoms with Crippen molar-refractivity contribution in [2.45, 2.75) is 32.7 Å². The Bertz CT molecular complexity index is 400. The first-order valence-electron chi connectivity index (χ1n) is 6.45. The molecule has 0 saturated heterocycles. The van der Waals surface area contributed by atoms with Gasteiger partial charge < -0.3 is 15.4 Å². The van der Waals surface area contributed by atoms with Crippen molar-refractivity contribution in [3.8, 4) is 5.75 Å². The van der Waals surface area contributed by atoms with Crippen molar-refractivity contribution in [3.05, 3.63) is 28.8 Å². The standard InChI is InChI=1S/C15H26N2O/c1-10(2)12-8-13(14(16)9-17(4)5)11(3)7-15(12)18-6/h7-8,10,14H,9,16H2,1-6H3. The van der Waals surface area contributed by atoms with Crippen LogP contribution >= 0.6 is 0 Å². The molecule has 2 N–H and O–H groups in total. The van der Waals surface area contributed by atoms with Gasteiger partial charge in [0.2, 0.25) is 0 Å². The van der Waals surface area contributed by atoms with E-state index in [1.165, 1.54) is 16.7 Å². The van der Waals surface area contributed by atoms with Crippen LogP contribution in [0.3, 0.4) is 0 Å². The summed E-state index contributed by atoms with van der Waals surface area (Å²) in [6, 6.07) is 4.34. The van der Waals surface area contributed by atoms with E-state index in [4.69, 9.17) is 10.5 Å². The van der Waals surface area contributed by atoms with Crippen LogP contribution in [0.2, 0.25) is 0 Å². The largest absolute Gasteiger partial charge is 0.496 e. The van der Waals surface area contributed by atoms with E-state index in [-0.39, 0.29) is 6.04 Å². The van der Waals surface area contributed by atoms with Gasteiger partial charge in [-0.25, -0.2) is 0 Å². The zero-order chi connectivity index (χ0) is 13.9. The SMILES string of the molecule is COc1cc(C)c(C(N)CN(C)C)cc1C(C)C.